The summed E-state index contributed by atoms with van der Waals surface area (Å²) in [5.74, 6) is 1.34. The number of hydrogen-bond donors (Lipinski definition) is 1. The van der Waals surface area contributed by atoms with Gasteiger partial charge in [0.15, 0.2) is 5.82 Å². The van der Waals surface area contributed by atoms with Gasteiger partial charge < -0.3 is 10.1 Å². The first-order valence-electron chi connectivity index (χ1n) is 10.3. The molecule has 160 valence electrons. The van der Waals surface area contributed by atoms with Crippen LogP contribution in [0.25, 0.3) is 11.4 Å². The van der Waals surface area contributed by atoms with E-state index in [0.29, 0.717) is 12.4 Å². The largest absolute Gasteiger partial charge is 0.493 e. The van der Waals surface area contributed by atoms with Crippen LogP contribution in [0, 0.1) is 5.92 Å². The molecule has 0 unspecified atom stereocenters. The van der Waals surface area contributed by atoms with Gasteiger partial charge in [-0.05, 0) is 43.7 Å². The van der Waals surface area contributed by atoms with Crippen molar-refractivity contribution in [3.8, 4) is 17.1 Å². The Morgan fingerprint density at radius 3 is 2.61 bits per heavy atom. The van der Waals surface area contributed by atoms with Crippen molar-refractivity contribution in [2.24, 2.45) is 11.0 Å². The van der Waals surface area contributed by atoms with Crippen LogP contribution in [0.5, 0.6) is 5.75 Å². The highest BCUT2D eigenvalue weighted by atomic mass is 32.2. The van der Waals surface area contributed by atoms with Crippen LogP contribution in [-0.2, 0) is 4.79 Å². The summed E-state index contributed by atoms with van der Waals surface area (Å²) in [6.45, 7) is 8.37. The third-order valence-electron chi connectivity index (χ3n) is 4.89. The minimum Gasteiger partial charge on any atom is -0.493 e. The molecule has 8 heteroatoms. The number of thioether (sulfide) groups is 1. The normalized spacial score (nSPS) is 15.4. The van der Waals surface area contributed by atoms with Crippen LogP contribution in [0.1, 0.15) is 33.3 Å². The van der Waals surface area contributed by atoms with E-state index in [1.807, 2.05) is 69.3 Å². The fraction of sp³-hybridized carbons (Fsp3) is 0.304. The molecule has 0 aliphatic carbocycles. The van der Waals surface area contributed by atoms with E-state index < -0.39 is 0 Å². The van der Waals surface area contributed by atoms with Gasteiger partial charge in [0, 0.05) is 11.6 Å². The molecule has 31 heavy (non-hydrogen) atoms. The molecule has 1 aliphatic rings. The number of aromatic nitrogens is 3. The van der Waals surface area contributed by atoms with Gasteiger partial charge in [0.25, 0.3) is 0 Å². The lowest BCUT2D eigenvalue weighted by Crippen LogP contribution is -2.22. The van der Waals surface area contributed by atoms with Crippen molar-refractivity contribution in [1.29, 1.82) is 0 Å². The minimum atomic E-state index is -0.0658. The Hall–Kier alpha value is -3.13. The maximum absolute atomic E-state index is 11.9. The van der Waals surface area contributed by atoms with E-state index >= 15 is 0 Å². The number of carbonyl (C=O) groups is 1. The molecular weight excluding hydrogens is 410 g/mol. The predicted octanol–water partition coefficient (Wildman–Crippen LogP) is 4.68. The van der Waals surface area contributed by atoms with E-state index in [2.05, 4.69) is 22.4 Å². The Morgan fingerprint density at radius 1 is 1.16 bits per heavy atom. The molecule has 3 aromatic rings. The molecule has 1 N–H and O–H groups in total. The molecular formula is C23H25N5O2S. The summed E-state index contributed by atoms with van der Waals surface area (Å²) >= 11 is 1.62. The quantitative estimate of drug-likeness (QED) is 0.608. The smallest absolute Gasteiger partial charge is 0.226 e. The SMILES string of the molecule is CCOc1ccccc1-c1nnc2n1N=C(c1ccc(NC(=O)C(C)C)cc1)[C@@H](C)S2. The van der Waals surface area contributed by atoms with Gasteiger partial charge >= 0.3 is 0 Å². The highest BCUT2D eigenvalue weighted by molar-refractivity contribution is 8.00. The molecule has 0 bridgehead atoms. The lowest BCUT2D eigenvalue weighted by molar-refractivity contribution is -0.118. The summed E-state index contributed by atoms with van der Waals surface area (Å²) < 4.78 is 7.56. The van der Waals surface area contributed by atoms with Crippen LogP contribution in [0.2, 0.25) is 0 Å². The van der Waals surface area contributed by atoms with Crippen LogP contribution >= 0.6 is 11.8 Å². The third kappa shape index (κ3) is 4.34. The van der Waals surface area contributed by atoms with Gasteiger partial charge in [0.05, 0.1) is 23.1 Å². The monoisotopic (exact) mass is 435 g/mol. The zero-order valence-corrected chi connectivity index (χ0v) is 18.8. The second kappa shape index (κ2) is 8.93. The molecule has 2 heterocycles. The lowest BCUT2D eigenvalue weighted by atomic mass is 10.1. The number of nitrogens with zero attached hydrogens (tertiary/aromatic N) is 4. The fourth-order valence-electron chi connectivity index (χ4n) is 3.24. The van der Waals surface area contributed by atoms with E-state index in [1.54, 1.807) is 16.4 Å². The van der Waals surface area contributed by atoms with Crippen molar-refractivity contribution in [2.45, 2.75) is 38.1 Å². The van der Waals surface area contributed by atoms with Crippen molar-refractivity contribution in [2.75, 3.05) is 11.9 Å². The summed E-state index contributed by atoms with van der Waals surface area (Å²) in [6.07, 6.45) is 0. The van der Waals surface area contributed by atoms with E-state index in [0.717, 1.165) is 33.4 Å². The van der Waals surface area contributed by atoms with Crippen LogP contribution < -0.4 is 10.1 Å². The molecule has 0 spiro atoms. The molecule has 0 fully saturated rings. The number of anilines is 1. The number of ether oxygens (including phenoxy) is 1. The molecule has 1 amide bonds. The zero-order valence-electron chi connectivity index (χ0n) is 18.0. The lowest BCUT2D eigenvalue weighted by Gasteiger charge is -2.20. The Balaban J connectivity index is 1.68. The fourth-order valence-corrected chi connectivity index (χ4v) is 4.16. The summed E-state index contributed by atoms with van der Waals surface area (Å²) in [5.41, 5.74) is 3.55. The van der Waals surface area contributed by atoms with Gasteiger partial charge in [-0.2, -0.15) is 9.78 Å². The molecule has 1 aliphatic heterocycles. The molecule has 7 nitrogen and oxygen atoms in total. The maximum Gasteiger partial charge on any atom is 0.226 e. The number of hydrogen-bond acceptors (Lipinski definition) is 6. The summed E-state index contributed by atoms with van der Waals surface area (Å²) in [4.78, 5) is 11.9. The van der Waals surface area contributed by atoms with Gasteiger partial charge in [-0.15, -0.1) is 10.2 Å². The molecule has 1 atom stereocenters. The highest BCUT2D eigenvalue weighted by Gasteiger charge is 2.27. The summed E-state index contributed by atoms with van der Waals surface area (Å²) in [6, 6.07) is 15.6. The number of rotatable bonds is 6. The molecule has 4 rings (SSSR count). The summed E-state index contributed by atoms with van der Waals surface area (Å²) in [5, 5.41) is 17.4. The Morgan fingerprint density at radius 2 is 1.90 bits per heavy atom. The Kier molecular flexibility index (Phi) is 6.08. The molecule has 0 saturated carbocycles. The molecule has 2 aromatic carbocycles. The van der Waals surface area contributed by atoms with Gasteiger partial charge in [0.1, 0.15) is 5.75 Å². The minimum absolute atomic E-state index is 0.00147. The van der Waals surface area contributed by atoms with Gasteiger partial charge in [0.2, 0.25) is 11.1 Å². The first-order valence-corrected chi connectivity index (χ1v) is 11.2. The van der Waals surface area contributed by atoms with Crippen LogP contribution in [0.3, 0.4) is 0 Å². The average Bonchev–Trinajstić information content (AvgIpc) is 3.17. The Labute approximate surface area is 185 Å². The number of nitrogens with one attached hydrogen (secondary N) is 1. The van der Waals surface area contributed by atoms with Gasteiger partial charge in [-0.25, -0.2) is 0 Å². The van der Waals surface area contributed by atoms with Crippen molar-refractivity contribution in [3.63, 3.8) is 0 Å². The van der Waals surface area contributed by atoms with Crippen LogP contribution in [0.15, 0.2) is 58.8 Å². The summed E-state index contributed by atoms with van der Waals surface area (Å²) in [7, 11) is 0. The number of carbonyl (C=O) groups excluding carboxylic acids is 1. The van der Waals surface area contributed by atoms with E-state index in [4.69, 9.17) is 9.84 Å². The molecule has 1 aromatic heterocycles. The second-order valence-corrected chi connectivity index (χ2v) is 8.82. The van der Waals surface area contributed by atoms with E-state index in [1.165, 1.54) is 0 Å². The maximum atomic E-state index is 11.9. The van der Waals surface area contributed by atoms with Crippen LogP contribution in [0.4, 0.5) is 5.69 Å². The van der Waals surface area contributed by atoms with Crippen molar-refractivity contribution < 1.29 is 9.53 Å². The van der Waals surface area contributed by atoms with E-state index in [9.17, 15) is 4.79 Å². The standard InChI is InChI=1S/C23H25N5O2S/c1-5-30-19-9-7-6-8-18(19)21-25-26-23-28(21)27-20(15(4)31-23)16-10-12-17(13-11-16)24-22(29)14(2)3/h6-15H,5H2,1-4H3,(H,24,29)/t15-/m1/s1. The van der Waals surface area contributed by atoms with Crippen LogP contribution in [-0.4, -0.2) is 38.3 Å². The van der Waals surface area contributed by atoms with Crippen molar-refractivity contribution in [1.82, 2.24) is 14.9 Å². The molecule has 0 saturated heterocycles. The highest BCUT2D eigenvalue weighted by Crippen LogP contribution is 2.35. The first kappa shape index (κ1) is 21.1. The number of amides is 1. The molecule has 0 radical (unpaired) electrons. The van der Waals surface area contributed by atoms with E-state index in [-0.39, 0.29) is 17.1 Å². The second-order valence-electron chi connectivity index (χ2n) is 7.51. The predicted molar refractivity (Wildman–Crippen MR) is 124 cm³/mol. The number of benzene rings is 2. The Bertz CT molecular complexity index is 1120. The zero-order chi connectivity index (χ0) is 22.0. The number of fused-ring (bicyclic) bond motifs is 1. The first-order chi connectivity index (χ1) is 15.0. The average molecular weight is 436 g/mol. The van der Waals surface area contributed by atoms with Crippen molar-refractivity contribution >= 4 is 29.1 Å². The third-order valence-corrected chi connectivity index (χ3v) is 5.93. The van der Waals surface area contributed by atoms with Gasteiger partial charge in [-0.1, -0.05) is 49.9 Å². The van der Waals surface area contributed by atoms with Gasteiger partial charge in [-0.3, -0.25) is 4.79 Å². The number of para-hydroxylation sites is 1. The topological polar surface area (TPSA) is 81.4 Å². The van der Waals surface area contributed by atoms with Crippen molar-refractivity contribution in [3.05, 3.63) is 54.1 Å².